The van der Waals surface area contributed by atoms with Crippen molar-refractivity contribution in [1.82, 2.24) is 10.2 Å². The molecule has 5 heteroatoms. The van der Waals surface area contributed by atoms with Crippen LogP contribution in [0.4, 0.5) is 14.6 Å². The molecule has 0 aliphatic rings. The molecule has 3 nitrogen and oxygen atoms in total. The highest BCUT2D eigenvalue weighted by Gasteiger charge is 2.19. The Kier molecular flexibility index (Phi) is 3.25. The van der Waals surface area contributed by atoms with Gasteiger partial charge in [0, 0.05) is 17.8 Å². The molecule has 3 rings (SSSR count). The fraction of sp³-hybridized carbons (Fsp3) is 0.125. The maximum atomic E-state index is 14.3. The molecule has 106 valence electrons. The smallest absolute Gasteiger partial charge is 0.156 e. The van der Waals surface area contributed by atoms with Gasteiger partial charge in [0.1, 0.15) is 17.3 Å². The molecular formula is C16H13F2N3. The minimum Gasteiger partial charge on any atom is -0.371 e. The molecule has 1 N–H and O–H groups in total. The van der Waals surface area contributed by atoms with Crippen LogP contribution < -0.4 is 5.32 Å². The summed E-state index contributed by atoms with van der Waals surface area (Å²) in [6, 6.07) is 9.92. The van der Waals surface area contributed by atoms with Gasteiger partial charge in [-0.1, -0.05) is 30.3 Å². The molecule has 1 aromatic heterocycles. The number of aryl methyl sites for hydroxylation is 1. The van der Waals surface area contributed by atoms with E-state index in [-0.39, 0.29) is 11.3 Å². The summed E-state index contributed by atoms with van der Waals surface area (Å²) in [4.78, 5) is 0. The van der Waals surface area contributed by atoms with Gasteiger partial charge in [0.15, 0.2) is 5.82 Å². The van der Waals surface area contributed by atoms with E-state index in [1.54, 1.807) is 26.1 Å². The van der Waals surface area contributed by atoms with Crippen LogP contribution in [0.1, 0.15) is 5.56 Å². The number of rotatable bonds is 2. The van der Waals surface area contributed by atoms with E-state index in [0.717, 1.165) is 5.39 Å². The van der Waals surface area contributed by atoms with Crippen LogP contribution in [0.2, 0.25) is 0 Å². The lowest BCUT2D eigenvalue weighted by atomic mass is 10.0. The third kappa shape index (κ3) is 2.11. The van der Waals surface area contributed by atoms with E-state index >= 15 is 0 Å². The lowest BCUT2D eigenvalue weighted by molar-refractivity contribution is 0.582. The Morgan fingerprint density at radius 2 is 1.67 bits per heavy atom. The third-order valence-corrected chi connectivity index (χ3v) is 3.45. The van der Waals surface area contributed by atoms with E-state index in [0.29, 0.717) is 16.8 Å². The van der Waals surface area contributed by atoms with Crippen molar-refractivity contribution in [2.24, 2.45) is 0 Å². The molecule has 0 aliphatic carbocycles. The van der Waals surface area contributed by atoms with Crippen LogP contribution in [0.15, 0.2) is 36.4 Å². The average molecular weight is 285 g/mol. The third-order valence-electron chi connectivity index (χ3n) is 3.45. The zero-order chi connectivity index (χ0) is 15.0. The Bertz CT molecular complexity index is 831. The van der Waals surface area contributed by atoms with Gasteiger partial charge in [-0.25, -0.2) is 8.78 Å². The molecule has 0 bridgehead atoms. The number of halogens is 2. The number of anilines is 1. The van der Waals surface area contributed by atoms with Crippen molar-refractivity contribution >= 4 is 16.6 Å². The summed E-state index contributed by atoms with van der Waals surface area (Å²) in [6.07, 6.45) is 0. The quantitative estimate of drug-likeness (QED) is 0.775. The van der Waals surface area contributed by atoms with Crippen molar-refractivity contribution < 1.29 is 8.78 Å². The van der Waals surface area contributed by atoms with Gasteiger partial charge in [-0.05, 0) is 18.6 Å². The molecule has 0 saturated heterocycles. The van der Waals surface area contributed by atoms with Crippen LogP contribution in [-0.2, 0) is 0 Å². The Morgan fingerprint density at radius 1 is 0.952 bits per heavy atom. The summed E-state index contributed by atoms with van der Waals surface area (Å²) in [5, 5.41) is 12.4. The molecule has 1 heterocycles. The Hall–Kier alpha value is -2.56. The summed E-state index contributed by atoms with van der Waals surface area (Å²) >= 11 is 0. The summed E-state index contributed by atoms with van der Waals surface area (Å²) in [5.41, 5.74) is 0.444. The van der Waals surface area contributed by atoms with Crippen LogP contribution in [-0.4, -0.2) is 17.2 Å². The first-order chi connectivity index (χ1) is 10.1. The molecule has 0 unspecified atom stereocenters. The molecule has 0 fully saturated rings. The molecule has 0 aliphatic heterocycles. The van der Waals surface area contributed by atoms with E-state index in [2.05, 4.69) is 15.5 Å². The topological polar surface area (TPSA) is 37.8 Å². The Morgan fingerprint density at radius 3 is 2.38 bits per heavy atom. The predicted octanol–water partition coefficient (Wildman–Crippen LogP) is 3.93. The van der Waals surface area contributed by atoms with E-state index in [1.165, 1.54) is 12.1 Å². The number of nitrogens with one attached hydrogen (secondary N) is 1. The van der Waals surface area contributed by atoms with Crippen molar-refractivity contribution in [3.05, 3.63) is 53.6 Å². The molecule has 0 amide bonds. The van der Waals surface area contributed by atoms with Crippen molar-refractivity contribution in [2.75, 3.05) is 12.4 Å². The zero-order valence-electron chi connectivity index (χ0n) is 11.6. The van der Waals surface area contributed by atoms with Crippen LogP contribution in [0.3, 0.4) is 0 Å². The number of aromatic nitrogens is 2. The molecule has 0 spiro atoms. The van der Waals surface area contributed by atoms with E-state index in [9.17, 15) is 8.78 Å². The fourth-order valence-electron chi connectivity index (χ4n) is 2.35. The van der Waals surface area contributed by atoms with Gasteiger partial charge in [-0.15, -0.1) is 10.2 Å². The van der Waals surface area contributed by atoms with E-state index in [4.69, 9.17) is 0 Å². The lowest BCUT2D eigenvalue weighted by Gasteiger charge is -2.11. The maximum absolute atomic E-state index is 14.3. The highest BCUT2D eigenvalue weighted by atomic mass is 19.1. The zero-order valence-corrected chi connectivity index (χ0v) is 11.6. The molecule has 3 aromatic rings. The van der Waals surface area contributed by atoms with Crippen LogP contribution in [0.5, 0.6) is 0 Å². The number of fused-ring (bicyclic) bond motifs is 1. The number of nitrogens with zero attached hydrogens (tertiary/aromatic N) is 2. The Balaban J connectivity index is 2.40. The summed E-state index contributed by atoms with van der Waals surface area (Å²) in [5.74, 6) is -0.677. The first-order valence-electron chi connectivity index (χ1n) is 6.51. The Labute approximate surface area is 120 Å². The van der Waals surface area contributed by atoms with Gasteiger partial charge in [0.25, 0.3) is 0 Å². The molecule has 21 heavy (non-hydrogen) atoms. The molecular weight excluding hydrogens is 272 g/mol. The first-order valence-corrected chi connectivity index (χ1v) is 6.51. The largest absolute Gasteiger partial charge is 0.371 e. The van der Waals surface area contributed by atoms with Crippen molar-refractivity contribution in [3.63, 3.8) is 0 Å². The van der Waals surface area contributed by atoms with E-state index < -0.39 is 11.6 Å². The molecule has 2 aromatic carbocycles. The summed E-state index contributed by atoms with van der Waals surface area (Å²) in [7, 11) is 1.73. The summed E-state index contributed by atoms with van der Waals surface area (Å²) in [6.45, 7) is 1.59. The highest BCUT2D eigenvalue weighted by Crippen LogP contribution is 2.33. The van der Waals surface area contributed by atoms with Gasteiger partial charge in [-0.3, -0.25) is 0 Å². The predicted molar refractivity (Wildman–Crippen MR) is 79.2 cm³/mol. The van der Waals surface area contributed by atoms with Gasteiger partial charge >= 0.3 is 0 Å². The average Bonchev–Trinajstić information content (AvgIpc) is 2.51. The van der Waals surface area contributed by atoms with Crippen LogP contribution >= 0.6 is 0 Å². The lowest BCUT2D eigenvalue weighted by Crippen LogP contribution is -2.01. The second kappa shape index (κ2) is 5.09. The van der Waals surface area contributed by atoms with Gasteiger partial charge in [0.05, 0.1) is 5.56 Å². The minimum atomic E-state index is -0.644. The molecule has 0 atom stereocenters. The monoisotopic (exact) mass is 285 g/mol. The maximum Gasteiger partial charge on any atom is 0.156 e. The normalized spacial score (nSPS) is 10.9. The van der Waals surface area contributed by atoms with E-state index in [1.807, 2.05) is 12.1 Å². The molecule has 0 saturated carbocycles. The second-order valence-electron chi connectivity index (χ2n) is 4.75. The molecule has 0 radical (unpaired) electrons. The number of hydrogen-bond donors (Lipinski definition) is 1. The standard InChI is InChI=1S/C16H13F2N3/c1-9-7-8-12(17)13(14(9)18)15-10-5-3-4-6-11(10)16(19-2)21-20-15/h3-8H,1-2H3,(H,19,21). The number of hydrogen-bond acceptors (Lipinski definition) is 3. The second-order valence-corrected chi connectivity index (χ2v) is 4.75. The SMILES string of the molecule is CNc1nnc(-c2c(F)ccc(C)c2F)c2ccccc12. The fourth-order valence-corrected chi connectivity index (χ4v) is 2.35. The van der Waals surface area contributed by atoms with Gasteiger partial charge < -0.3 is 5.32 Å². The van der Waals surface area contributed by atoms with Gasteiger partial charge in [0.2, 0.25) is 0 Å². The summed E-state index contributed by atoms with van der Waals surface area (Å²) < 4.78 is 28.4. The van der Waals surface area contributed by atoms with Crippen molar-refractivity contribution in [1.29, 1.82) is 0 Å². The first kappa shape index (κ1) is 13.4. The van der Waals surface area contributed by atoms with Crippen molar-refractivity contribution in [3.8, 4) is 11.3 Å². The van der Waals surface area contributed by atoms with Crippen LogP contribution in [0.25, 0.3) is 22.0 Å². The highest BCUT2D eigenvalue weighted by molar-refractivity contribution is 6.00. The van der Waals surface area contributed by atoms with Crippen molar-refractivity contribution in [2.45, 2.75) is 6.92 Å². The number of benzene rings is 2. The minimum absolute atomic E-state index is 0.138. The van der Waals surface area contributed by atoms with Crippen LogP contribution in [0, 0.1) is 18.6 Å². The van der Waals surface area contributed by atoms with Gasteiger partial charge in [-0.2, -0.15) is 0 Å².